The van der Waals surface area contributed by atoms with Crippen molar-refractivity contribution in [3.8, 4) is 6.07 Å². The van der Waals surface area contributed by atoms with Gasteiger partial charge in [0.2, 0.25) is 0 Å². The van der Waals surface area contributed by atoms with E-state index in [9.17, 15) is 0 Å². The van der Waals surface area contributed by atoms with Crippen LogP contribution in [0.2, 0.25) is 0 Å². The van der Waals surface area contributed by atoms with E-state index in [-0.39, 0.29) is 0 Å². The summed E-state index contributed by atoms with van der Waals surface area (Å²) in [6.07, 6.45) is 7.01. The maximum atomic E-state index is 8.77. The highest BCUT2D eigenvalue weighted by Crippen LogP contribution is 1.99. The molecule has 0 fully saturated rings. The van der Waals surface area contributed by atoms with Gasteiger partial charge < -0.3 is 5.11 Å². The molecule has 0 unspecified atom stereocenters. The van der Waals surface area contributed by atoms with E-state index >= 15 is 0 Å². The third-order valence-corrected chi connectivity index (χ3v) is 1.42. The molecule has 0 amide bonds. The second kappa shape index (κ2) is 7.30. The molecule has 0 radical (unpaired) electrons. The molecule has 0 aromatic heterocycles. The second-order valence-corrected chi connectivity index (χ2v) is 2.50. The molecule has 0 saturated heterocycles. The van der Waals surface area contributed by atoms with Crippen molar-refractivity contribution in [2.75, 3.05) is 0 Å². The number of hydrogen-bond donors (Lipinski definition) is 1. The number of aliphatic hydroxyl groups is 1. The Balaban J connectivity index is 3.24. The maximum absolute atomic E-state index is 8.77. The summed E-state index contributed by atoms with van der Waals surface area (Å²) in [6, 6.07) is 1.72. The van der Waals surface area contributed by atoms with Crippen molar-refractivity contribution in [2.45, 2.75) is 38.7 Å². The molecule has 2 nitrogen and oxygen atoms in total. The van der Waals surface area contributed by atoms with Gasteiger partial charge in [-0.1, -0.05) is 25.8 Å². The number of nitrogens with zero attached hydrogens (tertiary/aromatic N) is 1. The van der Waals surface area contributed by atoms with Gasteiger partial charge in [0.1, 0.15) is 0 Å². The highest BCUT2D eigenvalue weighted by atomic mass is 16.3. The first-order chi connectivity index (χ1) is 5.31. The number of aliphatic hydroxyl groups excluding tert-OH is 1. The fourth-order valence-corrected chi connectivity index (χ4v) is 0.780. The molecule has 0 aliphatic rings. The van der Waals surface area contributed by atoms with Crippen molar-refractivity contribution in [3.63, 3.8) is 0 Å². The zero-order chi connectivity index (χ0) is 8.53. The lowest BCUT2D eigenvalue weighted by atomic mass is 10.2. The Morgan fingerprint density at radius 3 is 2.82 bits per heavy atom. The van der Waals surface area contributed by atoms with Crippen molar-refractivity contribution in [3.05, 3.63) is 12.2 Å². The van der Waals surface area contributed by atoms with Crippen molar-refractivity contribution in [2.24, 2.45) is 0 Å². The van der Waals surface area contributed by atoms with Crippen LogP contribution in [-0.2, 0) is 0 Å². The van der Waals surface area contributed by atoms with Gasteiger partial charge >= 0.3 is 0 Å². The SMILES string of the molecule is CCCCC/C=C/[C@@H](O)C#N. The molecule has 0 aliphatic carbocycles. The molecule has 0 aromatic rings. The standard InChI is InChI=1S/C9H15NO/c1-2-3-4-5-6-7-9(11)8-10/h6-7,9,11H,2-5H2,1H3/b7-6+/t9-/m1/s1. The van der Waals surface area contributed by atoms with Crippen LogP contribution in [0.1, 0.15) is 32.6 Å². The van der Waals surface area contributed by atoms with Crippen LogP contribution >= 0.6 is 0 Å². The lowest BCUT2D eigenvalue weighted by Crippen LogP contribution is -1.95. The highest BCUT2D eigenvalue weighted by molar-refractivity contribution is 5.00. The van der Waals surface area contributed by atoms with Gasteiger partial charge in [-0.15, -0.1) is 0 Å². The van der Waals surface area contributed by atoms with E-state index in [1.165, 1.54) is 18.9 Å². The Labute approximate surface area is 68.2 Å². The number of allylic oxidation sites excluding steroid dienone is 1. The molecule has 0 heterocycles. The Morgan fingerprint density at radius 1 is 1.55 bits per heavy atom. The van der Waals surface area contributed by atoms with E-state index in [1.54, 1.807) is 6.07 Å². The van der Waals surface area contributed by atoms with E-state index in [2.05, 4.69) is 6.92 Å². The van der Waals surface area contributed by atoms with Crippen LogP contribution < -0.4 is 0 Å². The fraction of sp³-hybridized carbons (Fsp3) is 0.667. The van der Waals surface area contributed by atoms with Gasteiger partial charge in [-0.05, 0) is 18.9 Å². The van der Waals surface area contributed by atoms with Crippen LogP contribution in [0.25, 0.3) is 0 Å². The molecule has 1 atom stereocenters. The van der Waals surface area contributed by atoms with Gasteiger partial charge in [-0.2, -0.15) is 5.26 Å². The van der Waals surface area contributed by atoms with Crippen molar-refractivity contribution in [1.82, 2.24) is 0 Å². The van der Waals surface area contributed by atoms with E-state index in [4.69, 9.17) is 10.4 Å². The Kier molecular flexibility index (Phi) is 6.76. The predicted molar refractivity (Wildman–Crippen MR) is 44.9 cm³/mol. The zero-order valence-corrected chi connectivity index (χ0v) is 6.95. The quantitative estimate of drug-likeness (QED) is 0.373. The van der Waals surface area contributed by atoms with Crippen LogP contribution in [-0.4, -0.2) is 11.2 Å². The molecule has 11 heavy (non-hydrogen) atoms. The van der Waals surface area contributed by atoms with E-state index < -0.39 is 6.10 Å². The molecule has 1 N–H and O–H groups in total. The Bertz CT molecular complexity index is 146. The lowest BCUT2D eigenvalue weighted by molar-refractivity contribution is 0.278. The van der Waals surface area contributed by atoms with E-state index in [0.717, 1.165) is 12.8 Å². The summed E-state index contributed by atoms with van der Waals surface area (Å²) in [5.74, 6) is 0. The highest BCUT2D eigenvalue weighted by Gasteiger charge is 1.90. The molecule has 0 bridgehead atoms. The summed E-state index contributed by atoms with van der Waals surface area (Å²) in [5.41, 5.74) is 0. The molecular weight excluding hydrogens is 138 g/mol. The van der Waals surface area contributed by atoms with Crippen LogP contribution in [0.5, 0.6) is 0 Å². The van der Waals surface area contributed by atoms with Crippen molar-refractivity contribution in [1.29, 1.82) is 5.26 Å². The minimum Gasteiger partial charge on any atom is -0.374 e. The summed E-state index contributed by atoms with van der Waals surface area (Å²) in [7, 11) is 0. The molecule has 0 aromatic carbocycles. The lowest BCUT2D eigenvalue weighted by Gasteiger charge is -1.92. The fourth-order valence-electron chi connectivity index (χ4n) is 0.780. The third kappa shape index (κ3) is 7.08. The van der Waals surface area contributed by atoms with Crippen molar-refractivity contribution >= 4 is 0 Å². The Morgan fingerprint density at radius 2 is 2.27 bits per heavy atom. The van der Waals surface area contributed by atoms with Gasteiger partial charge in [0.15, 0.2) is 6.10 Å². The minimum absolute atomic E-state index is 0.920. The van der Waals surface area contributed by atoms with Crippen LogP contribution in [0, 0.1) is 11.3 Å². The maximum Gasteiger partial charge on any atom is 0.159 e. The molecule has 62 valence electrons. The molecule has 2 heteroatoms. The number of rotatable bonds is 5. The minimum atomic E-state index is -0.920. The first-order valence-electron chi connectivity index (χ1n) is 4.05. The van der Waals surface area contributed by atoms with Gasteiger partial charge in [-0.3, -0.25) is 0 Å². The summed E-state index contributed by atoms with van der Waals surface area (Å²) in [4.78, 5) is 0. The molecule has 0 spiro atoms. The monoisotopic (exact) mass is 153 g/mol. The number of unbranched alkanes of at least 4 members (excludes halogenated alkanes) is 3. The summed E-state index contributed by atoms with van der Waals surface area (Å²) in [5, 5.41) is 17.0. The number of hydrogen-bond acceptors (Lipinski definition) is 2. The summed E-state index contributed by atoms with van der Waals surface area (Å²) in [6.45, 7) is 2.15. The molecule has 0 saturated carbocycles. The largest absolute Gasteiger partial charge is 0.374 e. The van der Waals surface area contributed by atoms with Gasteiger partial charge in [0.25, 0.3) is 0 Å². The number of nitriles is 1. The second-order valence-electron chi connectivity index (χ2n) is 2.50. The van der Waals surface area contributed by atoms with Crippen molar-refractivity contribution < 1.29 is 5.11 Å². The normalized spacial score (nSPS) is 13.2. The Hall–Kier alpha value is -0.810. The van der Waals surface area contributed by atoms with Crippen LogP contribution in [0.4, 0.5) is 0 Å². The summed E-state index contributed by atoms with van der Waals surface area (Å²) < 4.78 is 0. The molecular formula is C9H15NO. The smallest absolute Gasteiger partial charge is 0.159 e. The average Bonchev–Trinajstić information content (AvgIpc) is 2.04. The first-order valence-corrected chi connectivity index (χ1v) is 4.05. The summed E-state index contributed by atoms with van der Waals surface area (Å²) >= 11 is 0. The molecule has 0 aliphatic heterocycles. The zero-order valence-electron chi connectivity index (χ0n) is 6.95. The van der Waals surface area contributed by atoms with Gasteiger partial charge in [0, 0.05) is 0 Å². The van der Waals surface area contributed by atoms with Gasteiger partial charge in [0.05, 0.1) is 6.07 Å². The van der Waals surface area contributed by atoms with Crippen LogP contribution in [0.15, 0.2) is 12.2 Å². The molecule has 0 rings (SSSR count). The van der Waals surface area contributed by atoms with Crippen LogP contribution in [0.3, 0.4) is 0 Å². The van der Waals surface area contributed by atoms with E-state index in [0.29, 0.717) is 0 Å². The van der Waals surface area contributed by atoms with E-state index in [1.807, 2.05) is 6.08 Å². The first kappa shape index (κ1) is 10.2. The van der Waals surface area contributed by atoms with Gasteiger partial charge in [-0.25, -0.2) is 0 Å². The predicted octanol–water partition coefficient (Wildman–Crippen LogP) is 2.01. The average molecular weight is 153 g/mol. The topological polar surface area (TPSA) is 44.0 Å². The third-order valence-electron chi connectivity index (χ3n) is 1.42.